The molecular formula is C18H25N3O3. The van der Waals surface area contributed by atoms with Crippen molar-refractivity contribution in [3.63, 3.8) is 0 Å². The Morgan fingerprint density at radius 3 is 2.42 bits per heavy atom. The van der Waals surface area contributed by atoms with Crippen LogP contribution in [0.2, 0.25) is 0 Å². The number of hydrogen-bond donors (Lipinski definition) is 0. The molecule has 1 aromatic rings. The SMILES string of the molecule is COc1cc2c(cc1OC)C1C(=O)N(N=C(C)C)C(C)(C)N1CC2. The molecule has 2 aliphatic rings. The van der Waals surface area contributed by atoms with Crippen LogP contribution < -0.4 is 9.47 Å². The van der Waals surface area contributed by atoms with Crippen LogP contribution in [0.15, 0.2) is 17.2 Å². The summed E-state index contributed by atoms with van der Waals surface area (Å²) in [6.45, 7) is 8.71. The van der Waals surface area contributed by atoms with Crippen molar-refractivity contribution in [1.29, 1.82) is 0 Å². The normalized spacial score (nSPS) is 22.0. The molecule has 2 heterocycles. The van der Waals surface area contributed by atoms with Gasteiger partial charge in [-0.15, -0.1) is 0 Å². The number of rotatable bonds is 3. The molecule has 1 atom stereocenters. The van der Waals surface area contributed by atoms with Crippen LogP contribution in [0.5, 0.6) is 11.5 Å². The number of methoxy groups -OCH3 is 2. The van der Waals surface area contributed by atoms with E-state index in [-0.39, 0.29) is 11.9 Å². The summed E-state index contributed by atoms with van der Waals surface area (Å²) in [7, 11) is 3.24. The summed E-state index contributed by atoms with van der Waals surface area (Å²) >= 11 is 0. The highest BCUT2D eigenvalue weighted by Gasteiger charge is 2.54. The Kier molecular flexibility index (Phi) is 4.03. The fourth-order valence-electron chi connectivity index (χ4n) is 3.68. The van der Waals surface area contributed by atoms with E-state index in [2.05, 4.69) is 10.0 Å². The Bertz CT molecular complexity index is 708. The number of fused-ring (bicyclic) bond motifs is 3. The van der Waals surface area contributed by atoms with Gasteiger partial charge in [0.25, 0.3) is 5.91 Å². The Labute approximate surface area is 143 Å². The predicted octanol–water partition coefficient (Wildman–Crippen LogP) is 2.58. The fourth-order valence-corrected chi connectivity index (χ4v) is 3.68. The van der Waals surface area contributed by atoms with E-state index in [4.69, 9.17) is 9.47 Å². The second-order valence-electron chi connectivity index (χ2n) is 6.94. The first-order chi connectivity index (χ1) is 11.3. The van der Waals surface area contributed by atoms with E-state index in [1.807, 2.05) is 39.8 Å². The van der Waals surface area contributed by atoms with Gasteiger partial charge in [0.05, 0.1) is 14.2 Å². The number of hydrazone groups is 1. The van der Waals surface area contributed by atoms with Crippen LogP contribution in [0.25, 0.3) is 0 Å². The van der Waals surface area contributed by atoms with E-state index in [1.165, 1.54) is 0 Å². The average molecular weight is 331 g/mol. The zero-order chi connectivity index (χ0) is 17.6. The van der Waals surface area contributed by atoms with Crippen LogP contribution in [0.1, 0.15) is 44.9 Å². The first kappa shape index (κ1) is 16.8. The van der Waals surface area contributed by atoms with Crippen molar-refractivity contribution in [2.75, 3.05) is 20.8 Å². The van der Waals surface area contributed by atoms with E-state index in [1.54, 1.807) is 19.2 Å². The maximum absolute atomic E-state index is 13.1. The molecule has 0 saturated carbocycles. The van der Waals surface area contributed by atoms with E-state index in [0.717, 1.165) is 29.8 Å². The van der Waals surface area contributed by atoms with Gasteiger partial charge in [-0.25, -0.2) is 5.01 Å². The van der Waals surface area contributed by atoms with Crippen molar-refractivity contribution in [2.24, 2.45) is 5.10 Å². The van der Waals surface area contributed by atoms with Crippen molar-refractivity contribution in [2.45, 2.75) is 45.8 Å². The van der Waals surface area contributed by atoms with Gasteiger partial charge in [-0.2, -0.15) is 5.10 Å². The number of carbonyl (C=O) groups excluding carboxylic acids is 1. The Morgan fingerprint density at radius 1 is 1.21 bits per heavy atom. The number of ether oxygens (including phenoxy) is 2. The standard InChI is InChI=1S/C18H25N3O3/c1-11(2)19-21-17(22)16-13-10-15(24-6)14(23-5)9-12(13)7-8-20(16)18(21,3)4/h9-10,16H,7-8H2,1-6H3. The molecule has 0 aliphatic carbocycles. The summed E-state index contributed by atoms with van der Waals surface area (Å²) in [5.41, 5.74) is 2.54. The zero-order valence-electron chi connectivity index (χ0n) is 15.2. The van der Waals surface area contributed by atoms with Crippen LogP contribution in [0, 0.1) is 0 Å². The third-order valence-corrected chi connectivity index (χ3v) is 4.84. The van der Waals surface area contributed by atoms with Crippen LogP contribution in [-0.4, -0.2) is 48.0 Å². The largest absolute Gasteiger partial charge is 0.493 e. The fraction of sp³-hybridized carbons (Fsp3) is 0.556. The molecule has 0 bridgehead atoms. The van der Waals surface area contributed by atoms with Gasteiger partial charge in [-0.3, -0.25) is 9.69 Å². The average Bonchev–Trinajstić information content (AvgIpc) is 2.74. The quantitative estimate of drug-likeness (QED) is 0.799. The van der Waals surface area contributed by atoms with Crippen molar-refractivity contribution < 1.29 is 14.3 Å². The smallest absolute Gasteiger partial charge is 0.266 e. The highest BCUT2D eigenvalue weighted by atomic mass is 16.5. The molecule has 24 heavy (non-hydrogen) atoms. The van der Waals surface area contributed by atoms with E-state index in [0.29, 0.717) is 11.5 Å². The Hall–Kier alpha value is -2.08. The lowest BCUT2D eigenvalue weighted by atomic mass is 9.91. The third-order valence-electron chi connectivity index (χ3n) is 4.84. The number of carbonyl (C=O) groups is 1. The summed E-state index contributed by atoms with van der Waals surface area (Å²) in [6, 6.07) is 3.60. The molecule has 1 fully saturated rings. The maximum Gasteiger partial charge on any atom is 0.266 e. The number of benzene rings is 1. The molecule has 1 unspecified atom stereocenters. The van der Waals surface area contributed by atoms with Crippen LogP contribution in [-0.2, 0) is 11.2 Å². The van der Waals surface area contributed by atoms with E-state index < -0.39 is 5.66 Å². The number of amides is 1. The first-order valence-electron chi connectivity index (χ1n) is 8.18. The van der Waals surface area contributed by atoms with Crippen LogP contribution in [0.3, 0.4) is 0 Å². The molecular weight excluding hydrogens is 306 g/mol. The molecule has 0 spiro atoms. The van der Waals surface area contributed by atoms with Crippen molar-refractivity contribution >= 4 is 11.6 Å². The van der Waals surface area contributed by atoms with Gasteiger partial charge in [-0.1, -0.05) is 0 Å². The van der Waals surface area contributed by atoms with E-state index in [9.17, 15) is 4.79 Å². The molecule has 6 nitrogen and oxygen atoms in total. The minimum Gasteiger partial charge on any atom is -0.493 e. The topological polar surface area (TPSA) is 54.4 Å². The van der Waals surface area contributed by atoms with Crippen LogP contribution in [0.4, 0.5) is 0 Å². The molecule has 0 aromatic heterocycles. The lowest BCUT2D eigenvalue weighted by Gasteiger charge is -2.39. The molecule has 0 N–H and O–H groups in total. The lowest BCUT2D eigenvalue weighted by Crippen LogP contribution is -2.49. The molecule has 1 aromatic carbocycles. The van der Waals surface area contributed by atoms with Gasteiger partial charge >= 0.3 is 0 Å². The summed E-state index contributed by atoms with van der Waals surface area (Å²) in [5, 5.41) is 6.11. The molecule has 1 amide bonds. The van der Waals surface area contributed by atoms with Crippen molar-refractivity contribution in [1.82, 2.24) is 9.91 Å². The second kappa shape index (κ2) is 5.77. The van der Waals surface area contributed by atoms with Crippen molar-refractivity contribution in [3.8, 4) is 11.5 Å². The monoisotopic (exact) mass is 331 g/mol. The minimum atomic E-state index is -0.454. The summed E-state index contributed by atoms with van der Waals surface area (Å²) in [6.07, 6.45) is 0.867. The molecule has 6 heteroatoms. The van der Waals surface area contributed by atoms with E-state index >= 15 is 0 Å². The molecule has 1 saturated heterocycles. The maximum atomic E-state index is 13.1. The third kappa shape index (κ3) is 2.36. The van der Waals surface area contributed by atoms with Gasteiger partial charge < -0.3 is 9.47 Å². The zero-order valence-corrected chi connectivity index (χ0v) is 15.2. The molecule has 3 rings (SSSR count). The highest BCUT2D eigenvalue weighted by Crippen LogP contribution is 2.46. The summed E-state index contributed by atoms with van der Waals surface area (Å²) in [5.74, 6) is 1.36. The summed E-state index contributed by atoms with van der Waals surface area (Å²) in [4.78, 5) is 15.3. The second-order valence-corrected chi connectivity index (χ2v) is 6.94. The predicted molar refractivity (Wildman–Crippen MR) is 92.4 cm³/mol. The Morgan fingerprint density at radius 2 is 1.83 bits per heavy atom. The lowest BCUT2D eigenvalue weighted by molar-refractivity contribution is -0.131. The molecule has 2 aliphatic heterocycles. The van der Waals surface area contributed by atoms with Gasteiger partial charge in [0.2, 0.25) is 0 Å². The van der Waals surface area contributed by atoms with Crippen LogP contribution >= 0.6 is 0 Å². The van der Waals surface area contributed by atoms with Gasteiger partial charge in [0.1, 0.15) is 11.7 Å². The van der Waals surface area contributed by atoms with Gasteiger partial charge in [0.15, 0.2) is 11.5 Å². The van der Waals surface area contributed by atoms with Crippen molar-refractivity contribution in [3.05, 3.63) is 23.3 Å². The first-order valence-corrected chi connectivity index (χ1v) is 8.18. The highest BCUT2D eigenvalue weighted by molar-refractivity contribution is 5.89. The van der Waals surface area contributed by atoms with Gasteiger partial charge in [-0.05, 0) is 57.4 Å². The minimum absolute atomic E-state index is 0.00868. The molecule has 0 radical (unpaired) electrons. The number of hydrogen-bond acceptors (Lipinski definition) is 5. The van der Waals surface area contributed by atoms with Gasteiger partial charge in [0, 0.05) is 12.3 Å². The number of nitrogens with zero attached hydrogens (tertiary/aromatic N) is 3. The Balaban J connectivity index is 2.12. The molecule has 130 valence electrons. The summed E-state index contributed by atoms with van der Waals surface area (Å²) < 4.78 is 10.8.